The third-order valence-electron chi connectivity index (χ3n) is 1.50. The number of rotatable bonds is 3. The Hall–Kier alpha value is -1.48. The number of nitrogens with two attached hydrogens (primary N) is 1. The van der Waals surface area contributed by atoms with E-state index in [1.165, 1.54) is 0 Å². The molecule has 78 valence electrons. The number of hydrogen-bond acceptors (Lipinski definition) is 5. The fourth-order valence-corrected chi connectivity index (χ4v) is 1.29. The minimum absolute atomic E-state index is 0.421. The van der Waals surface area contributed by atoms with E-state index in [1.54, 1.807) is 5.32 Å². The number of imide groups is 2. The van der Waals surface area contributed by atoms with Crippen LogP contribution in [0.4, 0.5) is 4.79 Å². The highest BCUT2D eigenvalue weighted by Crippen LogP contribution is 1.99. The summed E-state index contributed by atoms with van der Waals surface area (Å²) >= 11 is 0. The van der Waals surface area contributed by atoms with Crippen molar-refractivity contribution in [3.63, 3.8) is 0 Å². The van der Waals surface area contributed by atoms with Crippen LogP contribution in [0.3, 0.4) is 0 Å². The Bertz CT molecular complexity index is 400. The predicted octanol–water partition coefficient (Wildman–Crippen LogP) is -2.65. The monoisotopic (exact) mass is 221 g/mol. The van der Waals surface area contributed by atoms with Crippen molar-refractivity contribution >= 4 is 27.9 Å². The molecule has 0 spiro atoms. The summed E-state index contributed by atoms with van der Waals surface area (Å²) in [5, 5.41) is 6.37. The molecule has 0 aromatic rings. The van der Waals surface area contributed by atoms with E-state index in [0.29, 0.717) is 4.90 Å². The number of sulfonamides is 1. The average molecular weight is 221 g/mol. The van der Waals surface area contributed by atoms with Gasteiger partial charge in [0, 0.05) is 6.54 Å². The second-order valence-electron chi connectivity index (χ2n) is 2.58. The zero-order valence-corrected chi connectivity index (χ0v) is 7.70. The molecule has 1 aliphatic heterocycles. The Morgan fingerprint density at radius 2 is 1.86 bits per heavy atom. The highest BCUT2D eigenvalue weighted by Gasteiger charge is 2.36. The highest BCUT2D eigenvalue weighted by atomic mass is 32.2. The smallest absolute Gasteiger partial charge is 0.269 e. The van der Waals surface area contributed by atoms with Crippen LogP contribution in [0.5, 0.6) is 0 Å². The van der Waals surface area contributed by atoms with E-state index in [0.717, 1.165) is 0 Å². The second kappa shape index (κ2) is 3.35. The van der Waals surface area contributed by atoms with Crippen molar-refractivity contribution < 1.29 is 22.8 Å². The highest BCUT2D eigenvalue weighted by molar-refractivity contribution is 7.89. The van der Waals surface area contributed by atoms with Gasteiger partial charge in [0.15, 0.2) is 0 Å². The van der Waals surface area contributed by atoms with Crippen molar-refractivity contribution in [1.29, 1.82) is 0 Å². The van der Waals surface area contributed by atoms with Crippen molar-refractivity contribution in [2.75, 3.05) is 12.3 Å². The summed E-state index contributed by atoms with van der Waals surface area (Å²) in [4.78, 5) is 32.8. The molecule has 3 N–H and O–H groups in total. The SMILES string of the molecule is NS(=O)(=O)CCN1C(=O)NC(=O)C1=O. The first-order chi connectivity index (χ1) is 6.31. The summed E-state index contributed by atoms with van der Waals surface area (Å²) in [5.41, 5.74) is 0. The van der Waals surface area contributed by atoms with Crippen LogP contribution in [0.15, 0.2) is 0 Å². The molecule has 1 saturated heterocycles. The summed E-state index contributed by atoms with van der Waals surface area (Å²) in [5.74, 6) is -2.71. The molecule has 14 heavy (non-hydrogen) atoms. The lowest BCUT2D eigenvalue weighted by atomic mass is 10.5. The third-order valence-corrected chi connectivity index (χ3v) is 2.26. The van der Waals surface area contributed by atoms with Gasteiger partial charge in [-0.1, -0.05) is 0 Å². The second-order valence-corrected chi connectivity index (χ2v) is 4.32. The zero-order valence-electron chi connectivity index (χ0n) is 6.89. The number of primary sulfonamides is 1. The van der Waals surface area contributed by atoms with E-state index < -0.39 is 40.2 Å². The van der Waals surface area contributed by atoms with Gasteiger partial charge in [0.25, 0.3) is 0 Å². The fourth-order valence-electron chi connectivity index (χ4n) is 0.854. The van der Waals surface area contributed by atoms with Crippen LogP contribution in [-0.4, -0.2) is 43.5 Å². The molecule has 1 fully saturated rings. The Labute approximate surface area is 79.1 Å². The number of nitrogens with one attached hydrogen (secondary N) is 1. The number of hydrogen-bond donors (Lipinski definition) is 2. The third kappa shape index (κ3) is 2.26. The average Bonchev–Trinajstić information content (AvgIpc) is 2.23. The van der Waals surface area contributed by atoms with Gasteiger partial charge in [-0.2, -0.15) is 0 Å². The quantitative estimate of drug-likeness (QED) is 0.397. The summed E-state index contributed by atoms with van der Waals surface area (Å²) in [7, 11) is -3.76. The molecule has 1 rings (SSSR count). The number of carbonyl (C=O) groups is 3. The maximum atomic E-state index is 10.9. The van der Waals surface area contributed by atoms with Crippen LogP contribution >= 0.6 is 0 Å². The number of urea groups is 1. The lowest BCUT2D eigenvalue weighted by Gasteiger charge is -2.08. The maximum absolute atomic E-state index is 10.9. The van der Waals surface area contributed by atoms with Crippen LogP contribution < -0.4 is 10.5 Å². The Kier molecular flexibility index (Phi) is 2.53. The van der Waals surface area contributed by atoms with Crippen LogP contribution in [-0.2, 0) is 19.6 Å². The Morgan fingerprint density at radius 3 is 2.21 bits per heavy atom. The van der Waals surface area contributed by atoms with Crippen LogP contribution in [0.2, 0.25) is 0 Å². The molecule has 0 atom stereocenters. The van der Waals surface area contributed by atoms with Crippen LogP contribution in [0.25, 0.3) is 0 Å². The van der Waals surface area contributed by atoms with Crippen LogP contribution in [0, 0.1) is 0 Å². The lowest BCUT2D eigenvalue weighted by Crippen LogP contribution is -2.36. The van der Waals surface area contributed by atoms with Gasteiger partial charge < -0.3 is 0 Å². The Morgan fingerprint density at radius 1 is 1.29 bits per heavy atom. The van der Waals surface area contributed by atoms with Gasteiger partial charge in [0.1, 0.15) is 0 Å². The standard InChI is InChI=1S/C5H7N3O5S/c6-14(12,13)2-1-8-4(10)3(9)7-5(8)11/h1-2H2,(H2,6,12,13)(H,7,9,11). The summed E-state index contributed by atoms with van der Waals surface area (Å²) < 4.78 is 21.0. The molecular weight excluding hydrogens is 214 g/mol. The minimum atomic E-state index is -3.76. The van der Waals surface area contributed by atoms with Gasteiger partial charge in [0.2, 0.25) is 10.0 Å². The van der Waals surface area contributed by atoms with Crippen molar-refractivity contribution in [2.45, 2.75) is 0 Å². The summed E-state index contributed by atoms with van der Waals surface area (Å²) in [6, 6.07) is -0.927. The Balaban J connectivity index is 2.66. The molecular formula is C5H7N3O5S. The summed E-state index contributed by atoms with van der Waals surface area (Å²) in [6.07, 6.45) is 0. The number of amides is 4. The molecule has 1 heterocycles. The molecule has 0 radical (unpaired) electrons. The molecule has 1 aliphatic rings. The van der Waals surface area contributed by atoms with Crippen LogP contribution in [0.1, 0.15) is 0 Å². The minimum Gasteiger partial charge on any atom is -0.269 e. The maximum Gasteiger partial charge on any atom is 0.331 e. The van der Waals surface area contributed by atoms with E-state index in [2.05, 4.69) is 5.14 Å². The fraction of sp³-hybridized carbons (Fsp3) is 0.400. The van der Waals surface area contributed by atoms with Crippen molar-refractivity contribution in [2.24, 2.45) is 5.14 Å². The molecule has 0 aromatic carbocycles. The van der Waals surface area contributed by atoms with E-state index in [9.17, 15) is 22.8 Å². The zero-order chi connectivity index (χ0) is 10.9. The van der Waals surface area contributed by atoms with Crippen molar-refractivity contribution in [3.8, 4) is 0 Å². The number of nitrogens with zero attached hydrogens (tertiary/aromatic N) is 1. The predicted molar refractivity (Wildman–Crippen MR) is 43.2 cm³/mol. The first kappa shape index (κ1) is 10.6. The lowest BCUT2D eigenvalue weighted by molar-refractivity contribution is -0.140. The molecule has 0 unspecified atom stereocenters. The first-order valence-electron chi connectivity index (χ1n) is 3.48. The van der Waals surface area contributed by atoms with Crippen molar-refractivity contribution in [1.82, 2.24) is 10.2 Å². The molecule has 0 aromatic heterocycles. The molecule has 0 saturated carbocycles. The van der Waals surface area contributed by atoms with Crippen molar-refractivity contribution in [3.05, 3.63) is 0 Å². The molecule has 8 nitrogen and oxygen atoms in total. The van der Waals surface area contributed by atoms with Gasteiger partial charge in [-0.25, -0.2) is 18.4 Å². The molecule has 4 amide bonds. The first-order valence-corrected chi connectivity index (χ1v) is 5.20. The van der Waals surface area contributed by atoms with Gasteiger partial charge in [-0.15, -0.1) is 0 Å². The van der Waals surface area contributed by atoms with E-state index >= 15 is 0 Å². The summed E-state index contributed by atoms with van der Waals surface area (Å²) in [6.45, 7) is -0.421. The van der Waals surface area contributed by atoms with Gasteiger partial charge in [-0.05, 0) is 0 Å². The normalized spacial score (nSPS) is 17.5. The largest absolute Gasteiger partial charge is 0.331 e. The van der Waals surface area contributed by atoms with Gasteiger partial charge in [0.05, 0.1) is 5.75 Å². The van der Waals surface area contributed by atoms with E-state index in [4.69, 9.17) is 0 Å². The van der Waals surface area contributed by atoms with E-state index in [-0.39, 0.29) is 0 Å². The van der Waals surface area contributed by atoms with Gasteiger partial charge >= 0.3 is 17.8 Å². The molecule has 9 heteroatoms. The number of carbonyl (C=O) groups excluding carboxylic acids is 3. The molecule has 0 bridgehead atoms. The van der Waals surface area contributed by atoms with Gasteiger partial charge in [-0.3, -0.25) is 19.8 Å². The van der Waals surface area contributed by atoms with E-state index in [1.807, 2.05) is 0 Å². The molecule has 0 aliphatic carbocycles. The topological polar surface area (TPSA) is 127 Å².